The molecule has 0 aromatic heterocycles. The van der Waals surface area contributed by atoms with Crippen molar-refractivity contribution in [3.8, 4) is 5.75 Å². The molecule has 0 heterocycles. The van der Waals surface area contributed by atoms with Crippen LogP contribution in [0.5, 0.6) is 5.75 Å². The van der Waals surface area contributed by atoms with E-state index >= 15 is 0 Å². The molecule has 2 N–H and O–H groups in total. The maximum atomic E-state index is 5.93. The fraction of sp³-hybridized carbons (Fsp3) is 0.538. The van der Waals surface area contributed by atoms with E-state index in [1.807, 2.05) is 24.3 Å². The Balaban J connectivity index is 2.00. The van der Waals surface area contributed by atoms with Gasteiger partial charge in [0.25, 0.3) is 0 Å². The van der Waals surface area contributed by atoms with Gasteiger partial charge in [-0.05, 0) is 37.0 Å². The third-order valence-corrected chi connectivity index (χ3v) is 3.11. The van der Waals surface area contributed by atoms with E-state index in [1.54, 1.807) is 7.11 Å². The fourth-order valence-electron chi connectivity index (χ4n) is 1.83. The topological polar surface area (TPSA) is 44.5 Å². The zero-order valence-corrected chi connectivity index (χ0v) is 9.69. The first-order chi connectivity index (χ1) is 7.83. The van der Waals surface area contributed by atoms with Gasteiger partial charge in [-0.2, -0.15) is 0 Å². The number of benzene rings is 1. The largest absolute Gasteiger partial charge is 0.497 e. The summed E-state index contributed by atoms with van der Waals surface area (Å²) in [5.74, 6) is 0.864. The van der Waals surface area contributed by atoms with Gasteiger partial charge in [0.15, 0.2) is 0 Å². The van der Waals surface area contributed by atoms with Gasteiger partial charge in [-0.15, -0.1) is 0 Å². The molecule has 1 atom stereocenters. The SMILES string of the molecule is COc1ccc(C(CN)OC2CCC2)cc1. The van der Waals surface area contributed by atoms with Crippen molar-refractivity contribution < 1.29 is 9.47 Å². The Kier molecular flexibility index (Phi) is 3.80. The monoisotopic (exact) mass is 221 g/mol. The van der Waals surface area contributed by atoms with Gasteiger partial charge >= 0.3 is 0 Å². The molecule has 0 spiro atoms. The number of ether oxygens (including phenoxy) is 2. The van der Waals surface area contributed by atoms with Crippen molar-refractivity contribution in [1.82, 2.24) is 0 Å². The van der Waals surface area contributed by atoms with E-state index in [0.29, 0.717) is 12.6 Å². The van der Waals surface area contributed by atoms with Crippen LogP contribution in [0.2, 0.25) is 0 Å². The van der Waals surface area contributed by atoms with E-state index in [4.69, 9.17) is 15.2 Å². The van der Waals surface area contributed by atoms with Crippen LogP contribution in [0.1, 0.15) is 30.9 Å². The van der Waals surface area contributed by atoms with Crippen molar-refractivity contribution >= 4 is 0 Å². The summed E-state index contributed by atoms with van der Waals surface area (Å²) in [6, 6.07) is 7.94. The minimum atomic E-state index is 0.0243. The summed E-state index contributed by atoms with van der Waals surface area (Å²) < 4.78 is 11.1. The highest BCUT2D eigenvalue weighted by Gasteiger charge is 2.22. The lowest BCUT2D eigenvalue weighted by atomic mass is 9.95. The highest BCUT2D eigenvalue weighted by molar-refractivity contribution is 5.28. The van der Waals surface area contributed by atoms with Gasteiger partial charge in [0.1, 0.15) is 5.75 Å². The molecule has 1 aliphatic rings. The molecular formula is C13H19NO2. The number of hydrogen-bond donors (Lipinski definition) is 1. The van der Waals surface area contributed by atoms with Crippen molar-refractivity contribution in [3.05, 3.63) is 29.8 Å². The van der Waals surface area contributed by atoms with E-state index in [-0.39, 0.29) is 6.10 Å². The summed E-state index contributed by atoms with van der Waals surface area (Å²) in [5.41, 5.74) is 6.88. The van der Waals surface area contributed by atoms with Crippen molar-refractivity contribution in [1.29, 1.82) is 0 Å². The van der Waals surface area contributed by atoms with Gasteiger partial charge in [0, 0.05) is 6.54 Å². The summed E-state index contributed by atoms with van der Waals surface area (Å²) in [7, 11) is 1.67. The predicted molar refractivity (Wildman–Crippen MR) is 63.5 cm³/mol. The Labute approximate surface area is 96.5 Å². The van der Waals surface area contributed by atoms with E-state index in [2.05, 4.69) is 0 Å². The molecule has 2 rings (SSSR count). The number of rotatable bonds is 5. The first-order valence-electron chi connectivity index (χ1n) is 5.83. The fourth-order valence-corrected chi connectivity index (χ4v) is 1.83. The summed E-state index contributed by atoms with van der Waals surface area (Å²) >= 11 is 0. The Bertz CT molecular complexity index is 319. The van der Waals surface area contributed by atoms with Crippen LogP contribution >= 0.6 is 0 Å². The molecule has 0 bridgehead atoms. The molecule has 1 fully saturated rings. The van der Waals surface area contributed by atoms with Crippen LogP contribution in [0.3, 0.4) is 0 Å². The lowest BCUT2D eigenvalue weighted by Gasteiger charge is -2.30. The summed E-state index contributed by atoms with van der Waals surface area (Å²) in [5, 5.41) is 0. The molecule has 16 heavy (non-hydrogen) atoms. The smallest absolute Gasteiger partial charge is 0.118 e. The van der Waals surface area contributed by atoms with Crippen LogP contribution in [0, 0.1) is 0 Å². The molecule has 1 aromatic carbocycles. The Morgan fingerprint density at radius 3 is 2.44 bits per heavy atom. The van der Waals surface area contributed by atoms with Gasteiger partial charge in [-0.3, -0.25) is 0 Å². The molecule has 3 heteroatoms. The first-order valence-corrected chi connectivity index (χ1v) is 5.83. The highest BCUT2D eigenvalue weighted by atomic mass is 16.5. The molecule has 88 valence electrons. The van der Waals surface area contributed by atoms with E-state index in [1.165, 1.54) is 19.3 Å². The Hall–Kier alpha value is -1.06. The lowest BCUT2D eigenvalue weighted by Crippen LogP contribution is -2.27. The predicted octanol–water partition coefficient (Wildman–Crippen LogP) is 2.26. The maximum absolute atomic E-state index is 5.93. The Morgan fingerprint density at radius 1 is 1.31 bits per heavy atom. The molecule has 1 aromatic rings. The second-order valence-electron chi connectivity index (χ2n) is 4.19. The molecule has 0 amide bonds. The van der Waals surface area contributed by atoms with Crippen LogP contribution in [-0.4, -0.2) is 19.8 Å². The summed E-state index contributed by atoms with van der Waals surface area (Å²) in [4.78, 5) is 0. The molecule has 0 saturated heterocycles. The van der Waals surface area contributed by atoms with Gasteiger partial charge < -0.3 is 15.2 Å². The minimum absolute atomic E-state index is 0.0243. The second-order valence-corrected chi connectivity index (χ2v) is 4.19. The van der Waals surface area contributed by atoms with Crippen LogP contribution < -0.4 is 10.5 Å². The van der Waals surface area contributed by atoms with E-state index < -0.39 is 0 Å². The number of nitrogens with two attached hydrogens (primary N) is 1. The van der Waals surface area contributed by atoms with E-state index in [9.17, 15) is 0 Å². The van der Waals surface area contributed by atoms with Gasteiger partial charge in [0.05, 0.1) is 19.3 Å². The molecule has 1 aliphatic carbocycles. The van der Waals surface area contributed by atoms with Crippen LogP contribution in [0.4, 0.5) is 0 Å². The first kappa shape index (κ1) is 11.4. The molecular weight excluding hydrogens is 202 g/mol. The number of methoxy groups -OCH3 is 1. The summed E-state index contributed by atoms with van der Waals surface area (Å²) in [6.07, 6.45) is 4.07. The molecule has 3 nitrogen and oxygen atoms in total. The average Bonchev–Trinajstić information content (AvgIpc) is 2.28. The average molecular weight is 221 g/mol. The quantitative estimate of drug-likeness (QED) is 0.829. The molecule has 0 radical (unpaired) electrons. The molecule has 0 aliphatic heterocycles. The third-order valence-electron chi connectivity index (χ3n) is 3.11. The zero-order chi connectivity index (χ0) is 11.4. The standard InChI is InChI=1S/C13H19NO2/c1-15-11-7-5-10(6-8-11)13(9-14)16-12-3-2-4-12/h5-8,12-13H,2-4,9,14H2,1H3. The highest BCUT2D eigenvalue weighted by Crippen LogP contribution is 2.29. The van der Waals surface area contributed by atoms with Crippen LogP contribution in [0.15, 0.2) is 24.3 Å². The van der Waals surface area contributed by atoms with Gasteiger partial charge in [-0.1, -0.05) is 12.1 Å². The Morgan fingerprint density at radius 2 is 2.00 bits per heavy atom. The van der Waals surface area contributed by atoms with Crippen molar-refractivity contribution in [2.24, 2.45) is 5.73 Å². The second kappa shape index (κ2) is 5.32. The third kappa shape index (κ3) is 2.54. The van der Waals surface area contributed by atoms with Crippen molar-refractivity contribution in [2.45, 2.75) is 31.5 Å². The number of hydrogen-bond acceptors (Lipinski definition) is 3. The zero-order valence-electron chi connectivity index (χ0n) is 9.69. The normalized spacial score (nSPS) is 17.9. The summed E-state index contributed by atoms with van der Waals surface area (Å²) in [6.45, 7) is 0.531. The van der Waals surface area contributed by atoms with Crippen LogP contribution in [-0.2, 0) is 4.74 Å². The maximum Gasteiger partial charge on any atom is 0.118 e. The molecule has 1 saturated carbocycles. The van der Waals surface area contributed by atoms with Crippen molar-refractivity contribution in [3.63, 3.8) is 0 Å². The van der Waals surface area contributed by atoms with Gasteiger partial charge in [0.2, 0.25) is 0 Å². The lowest BCUT2D eigenvalue weighted by molar-refractivity contribution is -0.0487. The van der Waals surface area contributed by atoms with Gasteiger partial charge in [-0.25, -0.2) is 0 Å². The van der Waals surface area contributed by atoms with E-state index in [0.717, 1.165) is 11.3 Å². The molecule has 1 unspecified atom stereocenters. The van der Waals surface area contributed by atoms with Crippen LogP contribution in [0.25, 0.3) is 0 Å². The minimum Gasteiger partial charge on any atom is -0.497 e. The van der Waals surface area contributed by atoms with Crippen molar-refractivity contribution in [2.75, 3.05) is 13.7 Å².